The minimum atomic E-state index is -1.13. The number of aromatic nitrogens is 3. The van der Waals surface area contributed by atoms with Crippen molar-refractivity contribution in [2.24, 2.45) is 0 Å². The van der Waals surface area contributed by atoms with Crippen molar-refractivity contribution >= 4 is 16.9 Å². The summed E-state index contributed by atoms with van der Waals surface area (Å²) in [6.45, 7) is 1.48. The number of aliphatic hydroxyl groups is 2. The largest absolute Gasteiger partial charge is 0.487 e. The van der Waals surface area contributed by atoms with Gasteiger partial charge in [0, 0.05) is 31.3 Å². The molecule has 1 fully saturated rings. The molecule has 8 nitrogen and oxygen atoms in total. The second-order valence-electron chi connectivity index (χ2n) is 7.28. The van der Waals surface area contributed by atoms with Gasteiger partial charge in [-0.15, -0.1) is 0 Å². The number of nitrogens with zero attached hydrogens (tertiary/aromatic N) is 3. The summed E-state index contributed by atoms with van der Waals surface area (Å²) >= 11 is 0. The standard InChI is InChI=1S/C19H20FN5O3/c20-11-7-25(19-15(11)18(21)23-8-24-19)12-4-14(17(27)16(12)26)28-13-3-1-2-9-5-22-6-10(9)13/h1-3,7-8,12,14,16-17,22,26-27H,4-6H2,(H2,21,23,24)/t12?,14-,16+,17-/m1/s1. The zero-order valence-electron chi connectivity index (χ0n) is 14.9. The Morgan fingerprint density at radius 1 is 1.21 bits per heavy atom. The van der Waals surface area contributed by atoms with Crippen molar-refractivity contribution in [3.05, 3.63) is 47.7 Å². The Morgan fingerprint density at radius 2 is 2.07 bits per heavy atom. The summed E-state index contributed by atoms with van der Waals surface area (Å²) in [5.74, 6) is 0.162. The average molecular weight is 385 g/mol. The van der Waals surface area contributed by atoms with E-state index in [1.807, 2.05) is 18.2 Å². The van der Waals surface area contributed by atoms with Crippen LogP contribution in [0.2, 0.25) is 0 Å². The SMILES string of the molecule is Nc1ncnc2c1c(F)cn2C1C[C@@H](Oc2cccc3c2CNC3)[C@@H](O)[C@H]1O. The van der Waals surface area contributed by atoms with E-state index in [-0.39, 0.29) is 16.9 Å². The number of nitrogen functional groups attached to an aromatic ring is 1. The predicted molar refractivity (Wildman–Crippen MR) is 99.0 cm³/mol. The summed E-state index contributed by atoms with van der Waals surface area (Å²) in [6, 6.07) is 5.20. The van der Waals surface area contributed by atoms with Gasteiger partial charge in [0.1, 0.15) is 41.9 Å². The maximum absolute atomic E-state index is 14.4. The Labute approximate surface area is 159 Å². The van der Waals surface area contributed by atoms with Crippen LogP contribution < -0.4 is 15.8 Å². The molecule has 0 radical (unpaired) electrons. The van der Waals surface area contributed by atoms with Crippen molar-refractivity contribution in [2.75, 3.05) is 5.73 Å². The summed E-state index contributed by atoms with van der Waals surface area (Å²) in [6.07, 6.45) is -0.0950. The highest BCUT2D eigenvalue weighted by molar-refractivity contribution is 5.86. The summed E-state index contributed by atoms with van der Waals surface area (Å²) in [4.78, 5) is 7.93. The molecule has 0 spiro atoms. The molecule has 5 N–H and O–H groups in total. The van der Waals surface area contributed by atoms with Crippen LogP contribution in [0.3, 0.4) is 0 Å². The molecule has 1 unspecified atom stereocenters. The maximum Gasteiger partial charge on any atom is 0.154 e. The van der Waals surface area contributed by atoms with Gasteiger partial charge in [0.15, 0.2) is 5.82 Å². The number of aliphatic hydroxyl groups excluding tert-OH is 2. The van der Waals surface area contributed by atoms with E-state index in [0.29, 0.717) is 18.7 Å². The number of rotatable bonds is 3. The van der Waals surface area contributed by atoms with Crippen LogP contribution in [0.4, 0.5) is 10.2 Å². The lowest BCUT2D eigenvalue weighted by atomic mass is 10.1. The van der Waals surface area contributed by atoms with E-state index in [1.165, 1.54) is 17.1 Å². The lowest BCUT2D eigenvalue weighted by Crippen LogP contribution is -2.34. The van der Waals surface area contributed by atoms with Crippen LogP contribution >= 0.6 is 0 Å². The van der Waals surface area contributed by atoms with Crippen LogP contribution in [0.15, 0.2) is 30.7 Å². The van der Waals surface area contributed by atoms with Crippen molar-refractivity contribution < 1.29 is 19.3 Å². The summed E-state index contributed by atoms with van der Waals surface area (Å²) in [5, 5.41) is 24.6. The number of hydrogen-bond donors (Lipinski definition) is 4. The third-order valence-electron chi connectivity index (χ3n) is 5.67. The van der Waals surface area contributed by atoms with Crippen LogP contribution in [-0.2, 0) is 13.1 Å². The van der Waals surface area contributed by atoms with Gasteiger partial charge in [-0.25, -0.2) is 14.4 Å². The Balaban J connectivity index is 1.47. The van der Waals surface area contributed by atoms with Crippen molar-refractivity contribution in [2.45, 2.75) is 43.9 Å². The number of ether oxygens (including phenoxy) is 1. The minimum Gasteiger partial charge on any atom is -0.487 e. The fourth-order valence-electron chi connectivity index (χ4n) is 4.25. The number of halogens is 1. The first-order valence-electron chi connectivity index (χ1n) is 9.15. The van der Waals surface area contributed by atoms with Gasteiger partial charge in [0.2, 0.25) is 0 Å². The zero-order valence-corrected chi connectivity index (χ0v) is 14.9. The summed E-state index contributed by atoms with van der Waals surface area (Å²) in [7, 11) is 0. The molecule has 3 heterocycles. The van der Waals surface area contributed by atoms with Gasteiger partial charge in [0.25, 0.3) is 0 Å². The second-order valence-corrected chi connectivity index (χ2v) is 7.28. The first-order valence-corrected chi connectivity index (χ1v) is 9.15. The van der Waals surface area contributed by atoms with Crippen LogP contribution in [0.5, 0.6) is 5.75 Å². The summed E-state index contributed by atoms with van der Waals surface area (Å²) in [5.41, 5.74) is 8.27. The average Bonchev–Trinajstić information content (AvgIpc) is 3.36. The van der Waals surface area contributed by atoms with E-state index in [4.69, 9.17) is 10.5 Å². The van der Waals surface area contributed by atoms with Gasteiger partial charge in [-0.05, 0) is 11.6 Å². The number of anilines is 1. The molecule has 2 aliphatic rings. The van der Waals surface area contributed by atoms with Gasteiger partial charge in [-0.1, -0.05) is 12.1 Å². The van der Waals surface area contributed by atoms with E-state index in [0.717, 1.165) is 17.7 Å². The van der Waals surface area contributed by atoms with Crippen molar-refractivity contribution in [1.29, 1.82) is 0 Å². The van der Waals surface area contributed by atoms with E-state index in [2.05, 4.69) is 15.3 Å². The van der Waals surface area contributed by atoms with E-state index < -0.39 is 30.2 Å². The van der Waals surface area contributed by atoms with Crippen LogP contribution in [0, 0.1) is 5.82 Å². The molecule has 0 saturated heterocycles. The first-order chi connectivity index (χ1) is 13.5. The fraction of sp³-hybridized carbons (Fsp3) is 0.368. The van der Waals surface area contributed by atoms with Crippen LogP contribution in [0.1, 0.15) is 23.6 Å². The van der Waals surface area contributed by atoms with Gasteiger partial charge >= 0.3 is 0 Å². The molecule has 28 heavy (non-hydrogen) atoms. The highest BCUT2D eigenvalue weighted by atomic mass is 19.1. The van der Waals surface area contributed by atoms with Gasteiger partial charge in [-0.3, -0.25) is 0 Å². The molecule has 4 atom stereocenters. The first kappa shape index (κ1) is 17.4. The molecule has 5 rings (SSSR count). The topological polar surface area (TPSA) is 118 Å². The number of nitrogens with one attached hydrogen (secondary N) is 1. The molecule has 0 bridgehead atoms. The quantitative estimate of drug-likeness (QED) is 0.528. The lowest BCUT2D eigenvalue weighted by molar-refractivity contribution is -0.0166. The van der Waals surface area contributed by atoms with Crippen LogP contribution in [0.25, 0.3) is 11.0 Å². The smallest absolute Gasteiger partial charge is 0.154 e. The summed E-state index contributed by atoms with van der Waals surface area (Å²) < 4.78 is 22.0. The van der Waals surface area contributed by atoms with Crippen LogP contribution in [-0.4, -0.2) is 43.1 Å². The zero-order chi connectivity index (χ0) is 19.4. The Hall–Kier alpha value is -2.75. The molecular weight excluding hydrogens is 365 g/mol. The molecule has 146 valence electrons. The Kier molecular flexibility index (Phi) is 3.97. The normalized spacial score (nSPS) is 26.7. The van der Waals surface area contributed by atoms with Gasteiger partial charge < -0.3 is 30.6 Å². The Morgan fingerprint density at radius 3 is 2.93 bits per heavy atom. The van der Waals surface area contributed by atoms with Crippen molar-refractivity contribution in [1.82, 2.24) is 19.9 Å². The van der Waals surface area contributed by atoms with E-state index in [9.17, 15) is 14.6 Å². The highest BCUT2D eigenvalue weighted by Gasteiger charge is 2.45. The molecule has 0 amide bonds. The number of fused-ring (bicyclic) bond motifs is 2. The molecule has 1 aromatic carbocycles. The maximum atomic E-state index is 14.4. The lowest BCUT2D eigenvalue weighted by Gasteiger charge is -2.20. The predicted octanol–water partition coefficient (Wildman–Crippen LogP) is 0.870. The third-order valence-corrected chi connectivity index (χ3v) is 5.67. The molecule has 2 aromatic heterocycles. The van der Waals surface area contributed by atoms with E-state index >= 15 is 0 Å². The van der Waals surface area contributed by atoms with E-state index in [1.54, 1.807) is 0 Å². The Bertz CT molecular complexity index is 1060. The molecule has 3 aromatic rings. The molecule has 9 heteroatoms. The minimum absolute atomic E-state index is 0.0365. The van der Waals surface area contributed by atoms with Gasteiger partial charge in [0.05, 0.1) is 11.4 Å². The number of benzene rings is 1. The third kappa shape index (κ3) is 2.55. The van der Waals surface area contributed by atoms with Gasteiger partial charge in [-0.2, -0.15) is 0 Å². The van der Waals surface area contributed by atoms with Crippen molar-refractivity contribution in [3.8, 4) is 5.75 Å². The van der Waals surface area contributed by atoms with Crippen molar-refractivity contribution in [3.63, 3.8) is 0 Å². The molecular formula is C19H20FN5O3. The molecule has 1 aliphatic carbocycles. The molecule has 1 aliphatic heterocycles. The number of nitrogens with two attached hydrogens (primary N) is 1. The number of hydrogen-bond acceptors (Lipinski definition) is 7. The monoisotopic (exact) mass is 385 g/mol. The second kappa shape index (κ2) is 6.40. The fourth-order valence-corrected chi connectivity index (χ4v) is 4.25. The highest BCUT2D eigenvalue weighted by Crippen LogP contribution is 2.38. The molecule has 1 saturated carbocycles.